The normalized spacial score (nSPS) is 33.9. The van der Waals surface area contributed by atoms with Gasteiger partial charge in [0.05, 0.1) is 6.61 Å². The van der Waals surface area contributed by atoms with Crippen LogP contribution in [0.15, 0.2) is 12.1 Å². The van der Waals surface area contributed by atoms with E-state index in [1.807, 2.05) is 0 Å². The largest absolute Gasteiger partial charge is 0.337 e. The molecular weight excluding hydrogens is 276 g/mol. The highest BCUT2D eigenvalue weighted by Gasteiger charge is 2.40. The molecule has 0 aromatic heterocycles. The maximum Gasteiger partial charge on any atom is 0.169 e. The van der Waals surface area contributed by atoms with Crippen LogP contribution in [0.1, 0.15) is 42.0 Å². The Labute approximate surface area is 131 Å². The van der Waals surface area contributed by atoms with Crippen molar-refractivity contribution in [2.45, 2.75) is 44.2 Å². The molecule has 3 atom stereocenters. The van der Waals surface area contributed by atoms with Crippen LogP contribution in [0.3, 0.4) is 0 Å². The Morgan fingerprint density at radius 1 is 1.18 bits per heavy atom. The van der Waals surface area contributed by atoms with Gasteiger partial charge in [-0.3, -0.25) is 4.90 Å². The first kappa shape index (κ1) is 13.3. The predicted octanol–water partition coefficient (Wildman–Crippen LogP) is 2.22. The van der Waals surface area contributed by atoms with Crippen molar-refractivity contribution in [1.82, 2.24) is 10.2 Å². The SMILES string of the molecule is c1c2c(cc3c1CCN1C[C@H]4CCCN[C@H]4C[C@H]31)OOCC2. The molecule has 0 unspecified atom stereocenters. The minimum Gasteiger partial charge on any atom is -0.337 e. The number of rotatable bonds is 0. The molecule has 2 fully saturated rings. The van der Waals surface area contributed by atoms with Crippen LogP contribution in [0, 0.1) is 5.92 Å². The molecule has 0 aliphatic carbocycles. The van der Waals surface area contributed by atoms with Gasteiger partial charge in [0, 0.05) is 37.2 Å². The van der Waals surface area contributed by atoms with Crippen molar-refractivity contribution < 1.29 is 9.78 Å². The third-order valence-corrected chi connectivity index (χ3v) is 6.07. The van der Waals surface area contributed by atoms with Crippen molar-refractivity contribution in [2.24, 2.45) is 5.92 Å². The van der Waals surface area contributed by atoms with Gasteiger partial charge in [-0.15, -0.1) is 0 Å². The molecule has 4 heterocycles. The Bertz CT molecular complexity index is 589. The minimum atomic E-state index is 0.562. The van der Waals surface area contributed by atoms with Gasteiger partial charge < -0.3 is 10.2 Å². The summed E-state index contributed by atoms with van der Waals surface area (Å²) in [5.41, 5.74) is 4.35. The highest BCUT2D eigenvalue weighted by atomic mass is 17.2. The number of fused-ring (bicyclic) bond motifs is 5. The molecule has 4 aliphatic heterocycles. The average molecular weight is 300 g/mol. The second-order valence-electron chi connectivity index (χ2n) is 7.27. The van der Waals surface area contributed by atoms with Gasteiger partial charge in [0.15, 0.2) is 5.75 Å². The molecule has 0 amide bonds. The Kier molecular flexibility index (Phi) is 3.17. The summed E-state index contributed by atoms with van der Waals surface area (Å²) in [7, 11) is 0. The fourth-order valence-corrected chi connectivity index (χ4v) is 4.91. The fraction of sp³-hybridized carbons (Fsp3) is 0.667. The van der Waals surface area contributed by atoms with Crippen molar-refractivity contribution in [1.29, 1.82) is 0 Å². The zero-order valence-electron chi connectivity index (χ0n) is 13.0. The molecule has 4 heteroatoms. The Balaban J connectivity index is 1.49. The second kappa shape index (κ2) is 5.22. The summed E-state index contributed by atoms with van der Waals surface area (Å²) in [6.07, 6.45) is 6.15. The van der Waals surface area contributed by atoms with Gasteiger partial charge in [0.25, 0.3) is 0 Å². The predicted molar refractivity (Wildman–Crippen MR) is 83.9 cm³/mol. The minimum absolute atomic E-state index is 0.562. The lowest BCUT2D eigenvalue weighted by Gasteiger charge is -2.49. The number of hydrogen-bond acceptors (Lipinski definition) is 4. The summed E-state index contributed by atoms with van der Waals surface area (Å²) in [6, 6.07) is 5.91. The van der Waals surface area contributed by atoms with E-state index in [4.69, 9.17) is 9.78 Å². The molecule has 4 nitrogen and oxygen atoms in total. The summed E-state index contributed by atoms with van der Waals surface area (Å²) < 4.78 is 0. The molecule has 4 aliphatic rings. The summed E-state index contributed by atoms with van der Waals surface area (Å²) in [5, 5.41) is 3.76. The van der Waals surface area contributed by atoms with E-state index in [9.17, 15) is 0 Å². The highest BCUT2D eigenvalue weighted by Crippen LogP contribution is 2.42. The maximum absolute atomic E-state index is 5.44. The van der Waals surface area contributed by atoms with Crippen LogP contribution < -0.4 is 10.2 Å². The van der Waals surface area contributed by atoms with Gasteiger partial charge in [-0.2, -0.15) is 4.89 Å². The lowest BCUT2D eigenvalue weighted by atomic mass is 9.77. The zero-order valence-corrected chi connectivity index (χ0v) is 13.0. The van der Waals surface area contributed by atoms with E-state index in [0.717, 1.165) is 18.1 Å². The molecule has 1 N–H and O–H groups in total. The molecule has 118 valence electrons. The molecule has 1 aromatic carbocycles. The first-order valence-electron chi connectivity index (χ1n) is 8.81. The van der Waals surface area contributed by atoms with Crippen LogP contribution in [-0.4, -0.2) is 37.2 Å². The number of nitrogens with one attached hydrogen (secondary N) is 1. The van der Waals surface area contributed by atoms with Crippen LogP contribution in [0.4, 0.5) is 0 Å². The highest BCUT2D eigenvalue weighted by molar-refractivity contribution is 5.46. The summed E-state index contributed by atoms with van der Waals surface area (Å²) in [5.74, 6) is 1.80. The van der Waals surface area contributed by atoms with E-state index < -0.39 is 0 Å². The van der Waals surface area contributed by atoms with Crippen LogP contribution >= 0.6 is 0 Å². The van der Waals surface area contributed by atoms with E-state index in [1.54, 1.807) is 5.56 Å². The van der Waals surface area contributed by atoms with Crippen molar-refractivity contribution in [2.75, 3.05) is 26.2 Å². The molecule has 0 radical (unpaired) electrons. The summed E-state index contributed by atoms with van der Waals surface area (Å²) in [4.78, 5) is 13.3. The third kappa shape index (κ3) is 2.08. The summed E-state index contributed by atoms with van der Waals surface area (Å²) in [6.45, 7) is 4.35. The lowest BCUT2D eigenvalue weighted by Crippen LogP contribution is -2.54. The smallest absolute Gasteiger partial charge is 0.169 e. The van der Waals surface area contributed by atoms with Gasteiger partial charge in [-0.1, -0.05) is 6.07 Å². The number of piperidine rings is 2. The van der Waals surface area contributed by atoms with Crippen molar-refractivity contribution in [3.63, 3.8) is 0 Å². The quantitative estimate of drug-likeness (QED) is 0.745. The number of nitrogens with zero attached hydrogens (tertiary/aromatic N) is 1. The molecule has 1 aromatic rings. The molecule has 5 rings (SSSR count). The van der Waals surface area contributed by atoms with Crippen LogP contribution in [-0.2, 0) is 17.7 Å². The molecule has 0 saturated carbocycles. The van der Waals surface area contributed by atoms with Crippen molar-refractivity contribution in [3.05, 3.63) is 28.8 Å². The van der Waals surface area contributed by atoms with Gasteiger partial charge >= 0.3 is 0 Å². The van der Waals surface area contributed by atoms with Gasteiger partial charge in [0.1, 0.15) is 0 Å². The van der Waals surface area contributed by atoms with E-state index >= 15 is 0 Å². The van der Waals surface area contributed by atoms with Crippen LogP contribution in [0.5, 0.6) is 5.75 Å². The van der Waals surface area contributed by atoms with Gasteiger partial charge in [0.2, 0.25) is 0 Å². The molecule has 0 bridgehead atoms. The fourth-order valence-electron chi connectivity index (χ4n) is 4.91. The zero-order chi connectivity index (χ0) is 14.5. The maximum atomic E-state index is 5.44. The van der Waals surface area contributed by atoms with Gasteiger partial charge in [-0.25, -0.2) is 0 Å². The molecule has 22 heavy (non-hydrogen) atoms. The van der Waals surface area contributed by atoms with E-state index in [2.05, 4.69) is 22.3 Å². The third-order valence-electron chi connectivity index (χ3n) is 6.07. The molecule has 0 spiro atoms. The van der Waals surface area contributed by atoms with Gasteiger partial charge in [-0.05, 0) is 55.3 Å². The second-order valence-corrected chi connectivity index (χ2v) is 7.27. The topological polar surface area (TPSA) is 33.7 Å². The first-order chi connectivity index (χ1) is 10.9. The van der Waals surface area contributed by atoms with Crippen molar-refractivity contribution >= 4 is 0 Å². The first-order valence-corrected chi connectivity index (χ1v) is 8.81. The van der Waals surface area contributed by atoms with E-state index in [1.165, 1.54) is 56.4 Å². The van der Waals surface area contributed by atoms with E-state index in [0.29, 0.717) is 18.7 Å². The Morgan fingerprint density at radius 3 is 3.18 bits per heavy atom. The molecular formula is C18H24N2O2. The Morgan fingerprint density at radius 2 is 2.18 bits per heavy atom. The lowest BCUT2D eigenvalue weighted by molar-refractivity contribution is -0.215. The number of hydrogen-bond donors (Lipinski definition) is 1. The standard InChI is InChI=1S/C18H24N2O2/c1-2-14-11-20-6-3-12-8-13-4-7-21-22-18(13)9-15(12)17(20)10-16(14)19-5-1/h8-9,14,16-17,19H,1-7,10-11H2/t14-,16+,17-/m1/s1. The van der Waals surface area contributed by atoms with Crippen molar-refractivity contribution in [3.8, 4) is 5.75 Å². The number of benzene rings is 1. The summed E-state index contributed by atoms with van der Waals surface area (Å²) >= 11 is 0. The van der Waals surface area contributed by atoms with Crippen LogP contribution in [0.25, 0.3) is 0 Å². The monoisotopic (exact) mass is 300 g/mol. The van der Waals surface area contributed by atoms with E-state index in [-0.39, 0.29) is 0 Å². The average Bonchev–Trinajstić information content (AvgIpc) is 2.58. The molecule has 2 saturated heterocycles. The Hall–Kier alpha value is -1.10. The van der Waals surface area contributed by atoms with Crippen LogP contribution in [0.2, 0.25) is 0 Å².